The van der Waals surface area contributed by atoms with Crippen molar-refractivity contribution in [1.29, 1.82) is 0 Å². The lowest BCUT2D eigenvalue weighted by molar-refractivity contribution is -0.141. The van der Waals surface area contributed by atoms with Gasteiger partial charge in [-0.05, 0) is 47.4 Å². The van der Waals surface area contributed by atoms with Crippen LogP contribution in [0.15, 0.2) is 24.3 Å². The second-order valence-corrected chi connectivity index (χ2v) is 7.46. The summed E-state index contributed by atoms with van der Waals surface area (Å²) in [5.74, 6) is 2.27. The van der Waals surface area contributed by atoms with Gasteiger partial charge in [-0.15, -0.1) is 0 Å². The van der Waals surface area contributed by atoms with Crippen molar-refractivity contribution in [3.63, 3.8) is 0 Å². The molecule has 2 aliphatic rings. The van der Waals surface area contributed by atoms with Crippen LogP contribution in [-0.4, -0.2) is 48.1 Å². The molecule has 1 aliphatic carbocycles. The molecule has 0 unspecified atom stereocenters. The lowest BCUT2D eigenvalue weighted by Crippen LogP contribution is -2.31. The number of cyclic esters (lactones) is 1. The van der Waals surface area contributed by atoms with Gasteiger partial charge in [0.05, 0.1) is 48.1 Å². The second-order valence-electron chi connectivity index (χ2n) is 7.46. The fourth-order valence-electron chi connectivity index (χ4n) is 4.72. The highest BCUT2D eigenvalue weighted by Crippen LogP contribution is 2.51. The molecule has 1 saturated heterocycles. The molecule has 0 radical (unpaired) electrons. The second kappa shape index (κ2) is 7.97. The Morgan fingerprint density at radius 1 is 0.800 bits per heavy atom. The highest BCUT2D eigenvalue weighted by molar-refractivity contribution is 5.78. The quantitative estimate of drug-likeness (QED) is 0.672. The van der Waals surface area contributed by atoms with E-state index in [0.717, 1.165) is 23.1 Å². The molecule has 1 aliphatic heterocycles. The molecule has 3 atom stereocenters. The van der Waals surface area contributed by atoms with E-state index in [4.69, 9.17) is 28.4 Å². The number of hydrogen-bond acceptors (Lipinski definition) is 7. The summed E-state index contributed by atoms with van der Waals surface area (Å²) in [5.41, 5.74) is 3.03. The first-order chi connectivity index (χ1) is 14.6. The molecule has 30 heavy (non-hydrogen) atoms. The van der Waals surface area contributed by atoms with Crippen LogP contribution in [0.25, 0.3) is 0 Å². The molecule has 0 saturated carbocycles. The van der Waals surface area contributed by atoms with Crippen molar-refractivity contribution >= 4 is 5.97 Å². The lowest BCUT2D eigenvalue weighted by Gasteiger charge is -2.34. The number of rotatable bonds is 6. The van der Waals surface area contributed by atoms with Crippen LogP contribution < -0.4 is 23.7 Å². The fraction of sp³-hybridized carbons (Fsp3) is 0.435. The normalized spacial score (nSPS) is 21.9. The molecule has 0 spiro atoms. The van der Waals surface area contributed by atoms with Crippen LogP contribution in [0.4, 0.5) is 0 Å². The predicted octanol–water partition coefficient (Wildman–Crippen LogP) is 3.21. The summed E-state index contributed by atoms with van der Waals surface area (Å²) in [5, 5.41) is 0. The summed E-state index contributed by atoms with van der Waals surface area (Å²) in [6.45, 7) is 0.415. The molecule has 2 aromatic rings. The molecule has 160 valence electrons. The Bertz CT molecular complexity index is 943. The monoisotopic (exact) mass is 414 g/mol. The summed E-state index contributed by atoms with van der Waals surface area (Å²) in [6.07, 6.45) is 0.743. The Labute approximate surface area is 175 Å². The van der Waals surface area contributed by atoms with Crippen molar-refractivity contribution in [3.8, 4) is 28.7 Å². The van der Waals surface area contributed by atoms with Crippen LogP contribution in [0.2, 0.25) is 0 Å². The van der Waals surface area contributed by atoms with E-state index in [1.165, 1.54) is 0 Å². The third kappa shape index (κ3) is 3.09. The van der Waals surface area contributed by atoms with Gasteiger partial charge in [0, 0.05) is 11.8 Å². The van der Waals surface area contributed by atoms with Crippen molar-refractivity contribution in [1.82, 2.24) is 0 Å². The third-order valence-corrected chi connectivity index (χ3v) is 6.09. The van der Waals surface area contributed by atoms with E-state index < -0.39 is 0 Å². The smallest absolute Gasteiger partial charge is 0.310 e. The van der Waals surface area contributed by atoms with E-state index in [9.17, 15) is 4.79 Å². The molecule has 7 nitrogen and oxygen atoms in total. The van der Waals surface area contributed by atoms with Gasteiger partial charge in [-0.3, -0.25) is 4.79 Å². The number of carbonyl (C=O) groups is 1. The Hall–Kier alpha value is -3.09. The molecular weight excluding hydrogens is 388 g/mol. The molecule has 2 aromatic carbocycles. The Kier molecular flexibility index (Phi) is 5.37. The van der Waals surface area contributed by atoms with Gasteiger partial charge < -0.3 is 28.4 Å². The summed E-state index contributed by atoms with van der Waals surface area (Å²) >= 11 is 0. The number of methoxy groups -OCH3 is 5. The van der Waals surface area contributed by atoms with Gasteiger partial charge in [0.15, 0.2) is 23.0 Å². The summed E-state index contributed by atoms with van der Waals surface area (Å²) in [4.78, 5) is 12.7. The molecule has 1 heterocycles. The van der Waals surface area contributed by atoms with Gasteiger partial charge >= 0.3 is 5.97 Å². The van der Waals surface area contributed by atoms with Crippen LogP contribution in [0.5, 0.6) is 28.7 Å². The zero-order chi connectivity index (χ0) is 21.4. The maximum atomic E-state index is 12.7. The highest BCUT2D eigenvalue weighted by Gasteiger charge is 2.48. The topological polar surface area (TPSA) is 72.5 Å². The van der Waals surface area contributed by atoms with Crippen LogP contribution in [-0.2, 0) is 16.0 Å². The summed E-state index contributed by atoms with van der Waals surface area (Å²) in [7, 11) is 7.95. The van der Waals surface area contributed by atoms with Crippen LogP contribution in [0.3, 0.4) is 0 Å². The minimum Gasteiger partial charge on any atom is -0.493 e. The van der Waals surface area contributed by atoms with Gasteiger partial charge in [-0.25, -0.2) is 0 Å². The maximum Gasteiger partial charge on any atom is 0.310 e. The van der Waals surface area contributed by atoms with E-state index >= 15 is 0 Å². The average Bonchev–Trinajstić information content (AvgIpc) is 3.15. The Morgan fingerprint density at radius 3 is 1.97 bits per heavy atom. The Morgan fingerprint density at radius 2 is 1.40 bits per heavy atom. The van der Waals surface area contributed by atoms with Crippen molar-refractivity contribution < 1.29 is 33.2 Å². The van der Waals surface area contributed by atoms with Gasteiger partial charge in [0.2, 0.25) is 5.75 Å². The van der Waals surface area contributed by atoms with Crippen LogP contribution in [0, 0.1) is 11.8 Å². The highest BCUT2D eigenvalue weighted by atomic mass is 16.5. The molecule has 0 N–H and O–H groups in total. The predicted molar refractivity (Wildman–Crippen MR) is 109 cm³/mol. The van der Waals surface area contributed by atoms with E-state index in [1.807, 2.05) is 24.3 Å². The molecule has 0 aromatic heterocycles. The van der Waals surface area contributed by atoms with Gasteiger partial charge in [-0.2, -0.15) is 0 Å². The van der Waals surface area contributed by atoms with Crippen molar-refractivity contribution in [2.45, 2.75) is 12.3 Å². The first-order valence-corrected chi connectivity index (χ1v) is 9.77. The first kappa shape index (κ1) is 20.2. The van der Waals surface area contributed by atoms with E-state index in [1.54, 1.807) is 35.5 Å². The molecule has 0 amide bonds. The molecule has 7 heteroatoms. The molecule has 4 rings (SSSR count). The zero-order valence-electron chi connectivity index (χ0n) is 17.8. The van der Waals surface area contributed by atoms with E-state index in [0.29, 0.717) is 35.4 Å². The van der Waals surface area contributed by atoms with Gasteiger partial charge in [0.25, 0.3) is 0 Å². The maximum absolute atomic E-state index is 12.7. The van der Waals surface area contributed by atoms with Crippen molar-refractivity contribution in [3.05, 3.63) is 41.0 Å². The summed E-state index contributed by atoms with van der Waals surface area (Å²) < 4.78 is 33.1. The SMILES string of the molecule is COc1cc2c(cc1OC)[C@@H](c1cc(OC)c(OC)c(OC)c1)[C@@H]1C(=O)OC[C@@H]1C2. The lowest BCUT2D eigenvalue weighted by atomic mass is 9.67. The van der Waals surface area contributed by atoms with Gasteiger partial charge in [0.1, 0.15) is 0 Å². The standard InChI is InChI=1S/C23H26O7/c1-25-16-7-12-6-14-11-30-23(24)21(14)20(15(12)10-17(16)26-2)13-8-18(27-3)22(29-5)19(9-13)28-4/h7-10,14,20-21H,6,11H2,1-5H3/t14-,20+,21+/m0/s1. The van der Waals surface area contributed by atoms with E-state index in [2.05, 4.69) is 0 Å². The molecular formula is C23H26O7. The third-order valence-electron chi connectivity index (χ3n) is 6.09. The zero-order valence-corrected chi connectivity index (χ0v) is 17.8. The largest absolute Gasteiger partial charge is 0.493 e. The van der Waals surface area contributed by atoms with Crippen LogP contribution >= 0.6 is 0 Å². The number of benzene rings is 2. The fourth-order valence-corrected chi connectivity index (χ4v) is 4.72. The van der Waals surface area contributed by atoms with Crippen LogP contribution in [0.1, 0.15) is 22.6 Å². The molecule has 0 bridgehead atoms. The summed E-state index contributed by atoms with van der Waals surface area (Å²) in [6, 6.07) is 7.77. The van der Waals surface area contributed by atoms with Crippen molar-refractivity contribution in [2.24, 2.45) is 11.8 Å². The first-order valence-electron chi connectivity index (χ1n) is 9.77. The minimum atomic E-state index is -0.293. The van der Waals surface area contributed by atoms with E-state index in [-0.39, 0.29) is 23.7 Å². The Balaban J connectivity index is 1.94. The number of fused-ring (bicyclic) bond motifs is 2. The molecule has 1 fully saturated rings. The van der Waals surface area contributed by atoms with Crippen molar-refractivity contribution in [2.75, 3.05) is 42.2 Å². The average molecular weight is 414 g/mol. The number of hydrogen-bond donors (Lipinski definition) is 0. The minimum absolute atomic E-state index is 0.0900. The number of carbonyl (C=O) groups excluding carboxylic acids is 1. The number of ether oxygens (including phenoxy) is 6. The number of esters is 1. The van der Waals surface area contributed by atoms with Gasteiger partial charge in [-0.1, -0.05) is 0 Å².